The molecule has 0 spiro atoms. The van der Waals surface area contributed by atoms with Crippen LogP contribution >= 0.6 is 23.1 Å². The molecule has 3 aromatic heterocycles. The molecule has 0 saturated heterocycles. The minimum atomic E-state index is -0.300. The Bertz CT molecular complexity index is 1380. The van der Waals surface area contributed by atoms with Crippen molar-refractivity contribution in [1.82, 2.24) is 19.9 Å². The van der Waals surface area contributed by atoms with Gasteiger partial charge in [-0.3, -0.25) is 9.59 Å². The van der Waals surface area contributed by atoms with E-state index in [4.69, 9.17) is 0 Å². The molecule has 1 aromatic carbocycles. The third kappa shape index (κ3) is 3.95. The zero-order valence-electron chi connectivity index (χ0n) is 18.2. The fourth-order valence-corrected chi connectivity index (χ4v) is 5.68. The van der Waals surface area contributed by atoms with Crippen molar-refractivity contribution in [3.8, 4) is 0 Å². The number of aromatic amines is 2. The summed E-state index contributed by atoms with van der Waals surface area (Å²) in [6.07, 6.45) is 3.65. The number of benzene rings is 1. The van der Waals surface area contributed by atoms with E-state index in [1.807, 2.05) is 39.0 Å². The van der Waals surface area contributed by atoms with Crippen LogP contribution in [0.5, 0.6) is 0 Å². The van der Waals surface area contributed by atoms with Gasteiger partial charge in [-0.25, -0.2) is 9.97 Å². The number of nitrogens with one attached hydrogen (secondary N) is 3. The van der Waals surface area contributed by atoms with Crippen molar-refractivity contribution in [3.63, 3.8) is 0 Å². The number of amides is 1. The maximum absolute atomic E-state index is 12.7. The molecule has 32 heavy (non-hydrogen) atoms. The van der Waals surface area contributed by atoms with Gasteiger partial charge in [0.15, 0.2) is 0 Å². The molecule has 3 N–H and O–H groups in total. The minimum Gasteiger partial charge on any atom is -0.342 e. The molecule has 1 amide bonds. The van der Waals surface area contributed by atoms with E-state index in [1.165, 1.54) is 42.4 Å². The highest BCUT2D eigenvalue weighted by Gasteiger charge is 2.23. The fraction of sp³-hybridized carbons (Fsp3) is 0.391. The molecule has 5 rings (SSSR count). The first-order chi connectivity index (χ1) is 15.4. The summed E-state index contributed by atoms with van der Waals surface area (Å²) in [7, 11) is 0. The van der Waals surface area contributed by atoms with Crippen molar-refractivity contribution < 1.29 is 4.79 Å². The number of H-pyrrole nitrogens is 2. The van der Waals surface area contributed by atoms with Crippen LogP contribution in [0.15, 0.2) is 23.0 Å². The predicted molar refractivity (Wildman–Crippen MR) is 132 cm³/mol. The van der Waals surface area contributed by atoms with Crippen LogP contribution in [0.4, 0.5) is 5.69 Å². The molecule has 1 fully saturated rings. The number of fused-ring (bicyclic) bond motifs is 2. The van der Waals surface area contributed by atoms with Gasteiger partial charge in [0.1, 0.15) is 16.5 Å². The maximum Gasteiger partial charge on any atom is 0.259 e. The summed E-state index contributed by atoms with van der Waals surface area (Å²) in [6, 6.07) is 5.77. The third-order valence-corrected chi connectivity index (χ3v) is 8.44. The Morgan fingerprint density at radius 3 is 2.84 bits per heavy atom. The minimum absolute atomic E-state index is 0.0840. The van der Waals surface area contributed by atoms with Gasteiger partial charge in [0.25, 0.3) is 5.56 Å². The predicted octanol–water partition coefficient (Wildman–Crippen LogP) is 5.01. The van der Waals surface area contributed by atoms with Gasteiger partial charge in [0, 0.05) is 16.5 Å². The molecule has 1 unspecified atom stereocenters. The Balaban J connectivity index is 1.24. The Morgan fingerprint density at radius 1 is 1.28 bits per heavy atom. The lowest BCUT2D eigenvalue weighted by Gasteiger charge is -2.22. The summed E-state index contributed by atoms with van der Waals surface area (Å²) in [5, 5.41) is 3.36. The smallest absolute Gasteiger partial charge is 0.259 e. The van der Waals surface area contributed by atoms with E-state index in [0.29, 0.717) is 22.9 Å². The number of carbonyl (C=O) groups is 1. The van der Waals surface area contributed by atoms with Crippen LogP contribution in [0.1, 0.15) is 54.2 Å². The molecule has 0 aliphatic heterocycles. The molecule has 7 nitrogen and oxygen atoms in total. The van der Waals surface area contributed by atoms with Crippen molar-refractivity contribution in [1.29, 1.82) is 0 Å². The van der Waals surface area contributed by atoms with Crippen molar-refractivity contribution in [2.75, 3.05) is 5.32 Å². The third-order valence-electron chi connectivity index (χ3n) is 6.19. The summed E-state index contributed by atoms with van der Waals surface area (Å²) in [4.78, 5) is 42.6. The van der Waals surface area contributed by atoms with Crippen LogP contribution in [-0.2, 0) is 10.5 Å². The number of thiophene rings is 1. The van der Waals surface area contributed by atoms with Crippen molar-refractivity contribution in [2.24, 2.45) is 0 Å². The van der Waals surface area contributed by atoms with E-state index in [2.05, 4.69) is 25.3 Å². The van der Waals surface area contributed by atoms with Gasteiger partial charge in [0.2, 0.25) is 5.91 Å². The van der Waals surface area contributed by atoms with Gasteiger partial charge in [-0.1, -0.05) is 6.42 Å². The molecule has 3 heterocycles. The first-order valence-corrected chi connectivity index (χ1v) is 12.7. The van der Waals surface area contributed by atoms with E-state index in [9.17, 15) is 9.59 Å². The average molecular weight is 468 g/mol. The number of hydrogen-bond acceptors (Lipinski definition) is 6. The monoisotopic (exact) mass is 467 g/mol. The number of carbonyl (C=O) groups excluding carboxylic acids is 1. The molecule has 1 saturated carbocycles. The number of imidazole rings is 1. The second-order valence-electron chi connectivity index (χ2n) is 8.40. The standard InChI is InChI=1S/C23H25N5O2S2/c1-11-12(2)32-23-19(11)22(30)27-18(28-23)10-31-13(3)21(29)24-15-7-8-16-17(9-15)26-20(25-16)14-5-4-6-14/h7-9,13-14H,4-6,10H2,1-3H3,(H,24,29)(H,25,26)(H,27,28,30). The van der Waals surface area contributed by atoms with Gasteiger partial charge in [0.05, 0.1) is 27.4 Å². The fourth-order valence-electron chi connectivity index (χ4n) is 3.87. The quantitative estimate of drug-likeness (QED) is 0.370. The first-order valence-electron chi connectivity index (χ1n) is 10.8. The van der Waals surface area contributed by atoms with Crippen LogP contribution in [0, 0.1) is 13.8 Å². The van der Waals surface area contributed by atoms with Crippen molar-refractivity contribution in [2.45, 2.75) is 57.0 Å². The Labute approximate surface area is 193 Å². The second-order valence-corrected chi connectivity index (χ2v) is 10.9. The van der Waals surface area contributed by atoms with E-state index in [0.717, 1.165) is 37.8 Å². The molecule has 4 aromatic rings. The Kier molecular flexibility index (Phi) is 5.54. The van der Waals surface area contributed by atoms with Gasteiger partial charge in [-0.2, -0.15) is 0 Å². The van der Waals surface area contributed by atoms with Crippen LogP contribution < -0.4 is 10.9 Å². The second kappa shape index (κ2) is 8.37. The van der Waals surface area contributed by atoms with Gasteiger partial charge in [-0.15, -0.1) is 23.1 Å². The highest BCUT2D eigenvalue weighted by molar-refractivity contribution is 7.99. The van der Waals surface area contributed by atoms with Crippen LogP contribution in [0.2, 0.25) is 0 Å². The number of aryl methyl sites for hydroxylation is 2. The zero-order chi connectivity index (χ0) is 22.4. The molecule has 0 radical (unpaired) electrons. The summed E-state index contributed by atoms with van der Waals surface area (Å²) >= 11 is 2.98. The summed E-state index contributed by atoms with van der Waals surface area (Å²) < 4.78 is 0. The largest absolute Gasteiger partial charge is 0.342 e. The van der Waals surface area contributed by atoms with E-state index in [1.54, 1.807) is 0 Å². The molecule has 9 heteroatoms. The SMILES string of the molecule is Cc1sc2nc(CSC(C)C(=O)Nc3ccc4nc(C5CCC5)[nH]c4c3)[nH]c(=O)c2c1C. The molecular formula is C23H25N5O2S2. The highest BCUT2D eigenvalue weighted by Crippen LogP contribution is 2.35. The average Bonchev–Trinajstić information content (AvgIpc) is 3.24. The number of aromatic nitrogens is 4. The summed E-state index contributed by atoms with van der Waals surface area (Å²) in [6.45, 7) is 5.80. The lowest BCUT2D eigenvalue weighted by molar-refractivity contribution is -0.115. The number of nitrogens with zero attached hydrogens (tertiary/aromatic N) is 2. The number of rotatable bonds is 6. The van der Waals surface area contributed by atoms with Crippen LogP contribution in [0.3, 0.4) is 0 Å². The number of thioether (sulfide) groups is 1. The molecular weight excluding hydrogens is 442 g/mol. The van der Waals surface area contributed by atoms with Crippen LogP contribution in [0.25, 0.3) is 21.3 Å². The summed E-state index contributed by atoms with van der Waals surface area (Å²) in [5.41, 5.74) is 3.49. The lowest BCUT2D eigenvalue weighted by Crippen LogP contribution is -2.23. The molecule has 166 valence electrons. The van der Waals surface area contributed by atoms with E-state index >= 15 is 0 Å². The number of hydrogen-bond donors (Lipinski definition) is 3. The van der Waals surface area contributed by atoms with E-state index in [-0.39, 0.29) is 16.7 Å². The molecule has 0 bridgehead atoms. The first kappa shape index (κ1) is 21.2. The van der Waals surface area contributed by atoms with Gasteiger partial charge in [-0.05, 0) is 57.4 Å². The normalized spacial score (nSPS) is 15.2. The number of anilines is 1. The zero-order valence-corrected chi connectivity index (χ0v) is 19.9. The van der Waals surface area contributed by atoms with E-state index < -0.39 is 0 Å². The molecule has 1 aliphatic carbocycles. The van der Waals surface area contributed by atoms with Crippen molar-refractivity contribution in [3.05, 3.63) is 50.6 Å². The molecule has 1 atom stereocenters. The lowest BCUT2D eigenvalue weighted by atomic mass is 9.85. The Hall–Kier alpha value is -2.65. The Morgan fingerprint density at radius 2 is 2.09 bits per heavy atom. The van der Waals surface area contributed by atoms with Gasteiger partial charge < -0.3 is 15.3 Å². The highest BCUT2D eigenvalue weighted by atomic mass is 32.2. The van der Waals surface area contributed by atoms with Crippen LogP contribution in [-0.4, -0.2) is 31.1 Å². The topological polar surface area (TPSA) is 104 Å². The van der Waals surface area contributed by atoms with Crippen molar-refractivity contribution >= 4 is 55.9 Å². The summed E-state index contributed by atoms with van der Waals surface area (Å²) in [5.74, 6) is 2.56. The molecule has 1 aliphatic rings. The maximum atomic E-state index is 12.7. The van der Waals surface area contributed by atoms with Gasteiger partial charge >= 0.3 is 0 Å².